The van der Waals surface area contributed by atoms with Crippen molar-refractivity contribution in [2.75, 3.05) is 0 Å². The second-order valence-electron chi connectivity index (χ2n) is 4.45. The Morgan fingerprint density at radius 3 is 2.82 bits per heavy atom. The zero-order valence-corrected chi connectivity index (χ0v) is 12.6. The lowest BCUT2D eigenvalue weighted by atomic mass is 10.3. The molecule has 0 atom stereocenters. The van der Waals surface area contributed by atoms with Crippen LogP contribution in [0.4, 0.5) is 5.82 Å². The largest absolute Gasteiger partial charge is 0.396 e. The van der Waals surface area contributed by atoms with E-state index in [0.29, 0.717) is 16.0 Å². The van der Waals surface area contributed by atoms with Crippen LogP contribution < -0.4 is 0 Å². The maximum absolute atomic E-state index is 11.0. The van der Waals surface area contributed by atoms with Gasteiger partial charge < -0.3 is 19.2 Å². The number of hydrogen-bond acceptors (Lipinski definition) is 7. The van der Waals surface area contributed by atoms with Crippen molar-refractivity contribution >= 4 is 17.6 Å². The Morgan fingerprint density at radius 2 is 2.14 bits per heavy atom. The summed E-state index contributed by atoms with van der Waals surface area (Å²) in [5.74, 6) is 0.443. The Hall–Kier alpha value is -2.75. The lowest BCUT2D eigenvalue weighted by molar-refractivity contribution is -0.392. The fraction of sp³-hybridized carbons (Fsp3) is 0.167. The Kier molecular flexibility index (Phi) is 3.59. The van der Waals surface area contributed by atoms with E-state index in [2.05, 4.69) is 20.2 Å². The van der Waals surface area contributed by atoms with Crippen molar-refractivity contribution in [1.29, 1.82) is 0 Å². The van der Waals surface area contributed by atoms with Crippen LogP contribution in [0.25, 0.3) is 11.4 Å². The summed E-state index contributed by atoms with van der Waals surface area (Å²) in [7, 11) is 3.49. The monoisotopic (exact) mass is 317 g/mol. The molecule has 3 rings (SSSR count). The molecule has 0 fully saturated rings. The van der Waals surface area contributed by atoms with E-state index in [4.69, 9.17) is 0 Å². The Labute approximate surface area is 129 Å². The molecule has 0 aromatic carbocycles. The van der Waals surface area contributed by atoms with Gasteiger partial charge in [0.25, 0.3) is 0 Å². The summed E-state index contributed by atoms with van der Waals surface area (Å²) in [6.45, 7) is 0. The summed E-state index contributed by atoms with van der Waals surface area (Å²) < 4.78 is 3.35. The van der Waals surface area contributed by atoms with Gasteiger partial charge in [0, 0.05) is 32.1 Å². The average molecular weight is 317 g/mol. The number of hydrogen-bond donors (Lipinski definition) is 0. The molecule has 3 heterocycles. The zero-order chi connectivity index (χ0) is 15.7. The van der Waals surface area contributed by atoms with Gasteiger partial charge in [-0.25, -0.2) is 0 Å². The SMILES string of the molecule is Cn1cnc([N+](=O)[O-])c1Sc1nnc(-c2cccnc2)n1C. The topological polar surface area (TPSA) is 105 Å². The van der Waals surface area contributed by atoms with Crippen molar-refractivity contribution in [2.24, 2.45) is 14.1 Å². The Bertz CT molecular complexity index is 827. The lowest BCUT2D eigenvalue weighted by Crippen LogP contribution is -1.98. The van der Waals surface area contributed by atoms with Gasteiger partial charge in [-0.05, 0) is 33.8 Å². The minimum atomic E-state index is -0.513. The van der Waals surface area contributed by atoms with Crippen molar-refractivity contribution < 1.29 is 4.92 Å². The van der Waals surface area contributed by atoms with E-state index in [9.17, 15) is 10.1 Å². The van der Waals surface area contributed by atoms with Crippen LogP contribution in [-0.2, 0) is 14.1 Å². The van der Waals surface area contributed by atoms with Crippen LogP contribution in [0.2, 0.25) is 0 Å². The summed E-state index contributed by atoms with van der Waals surface area (Å²) >= 11 is 1.15. The molecule has 3 aromatic heterocycles. The van der Waals surface area contributed by atoms with Crippen LogP contribution in [0.15, 0.2) is 41.0 Å². The molecule has 0 saturated heterocycles. The summed E-state index contributed by atoms with van der Waals surface area (Å²) in [5, 5.41) is 20.2. The summed E-state index contributed by atoms with van der Waals surface area (Å²) in [6, 6.07) is 3.68. The Morgan fingerprint density at radius 1 is 1.32 bits per heavy atom. The number of aryl methyl sites for hydroxylation is 1. The zero-order valence-electron chi connectivity index (χ0n) is 11.7. The molecule has 3 aromatic rings. The van der Waals surface area contributed by atoms with Crippen LogP contribution in [0.3, 0.4) is 0 Å². The third-order valence-corrected chi connectivity index (χ3v) is 4.18. The van der Waals surface area contributed by atoms with E-state index in [1.165, 1.54) is 6.33 Å². The molecule has 22 heavy (non-hydrogen) atoms. The first kappa shape index (κ1) is 14.2. The maximum atomic E-state index is 11.0. The molecule has 9 nitrogen and oxygen atoms in total. The molecule has 0 N–H and O–H groups in total. The molecular weight excluding hydrogens is 306 g/mol. The van der Waals surface area contributed by atoms with E-state index in [1.54, 1.807) is 35.6 Å². The highest BCUT2D eigenvalue weighted by Crippen LogP contribution is 2.33. The van der Waals surface area contributed by atoms with Crippen LogP contribution >= 0.6 is 11.8 Å². The van der Waals surface area contributed by atoms with E-state index in [1.807, 2.05) is 12.1 Å². The van der Waals surface area contributed by atoms with Gasteiger partial charge in [0.05, 0.1) is 0 Å². The number of aromatic nitrogens is 6. The van der Waals surface area contributed by atoms with Crippen LogP contribution in [-0.4, -0.2) is 34.2 Å². The molecule has 0 aliphatic carbocycles. The second-order valence-corrected chi connectivity index (χ2v) is 5.41. The van der Waals surface area contributed by atoms with E-state index < -0.39 is 4.92 Å². The predicted molar refractivity (Wildman–Crippen MR) is 78.2 cm³/mol. The maximum Gasteiger partial charge on any atom is 0.396 e. The lowest BCUT2D eigenvalue weighted by Gasteiger charge is -2.03. The summed E-state index contributed by atoms with van der Waals surface area (Å²) in [6.07, 6.45) is 4.76. The fourth-order valence-corrected chi connectivity index (χ4v) is 2.77. The van der Waals surface area contributed by atoms with Crippen molar-refractivity contribution in [3.05, 3.63) is 41.0 Å². The van der Waals surface area contributed by atoms with Crippen LogP contribution in [0.1, 0.15) is 0 Å². The summed E-state index contributed by atoms with van der Waals surface area (Å²) in [4.78, 5) is 18.3. The average Bonchev–Trinajstić information content (AvgIpc) is 3.05. The first-order valence-corrected chi connectivity index (χ1v) is 7.03. The molecular formula is C12H11N7O2S. The van der Waals surface area contributed by atoms with Crippen molar-refractivity contribution in [1.82, 2.24) is 29.3 Å². The van der Waals surface area contributed by atoms with Gasteiger partial charge in [-0.1, -0.05) is 0 Å². The van der Waals surface area contributed by atoms with Crippen LogP contribution in [0.5, 0.6) is 0 Å². The number of rotatable bonds is 4. The minimum Gasteiger partial charge on any atom is -0.358 e. The fourth-order valence-electron chi connectivity index (χ4n) is 1.89. The molecule has 0 bridgehead atoms. The van der Waals surface area contributed by atoms with Gasteiger partial charge in [-0.15, -0.1) is 10.2 Å². The molecule has 0 radical (unpaired) electrons. The van der Waals surface area contributed by atoms with E-state index in [-0.39, 0.29) is 5.82 Å². The quantitative estimate of drug-likeness (QED) is 0.532. The van der Waals surface area contributed by atoms with Gasteiger partial charge in [0.15, 0.2) is 16.0 Å². The standard InChI is InChI=1S/C12H11N7O2S/c1-17-7-14-10(19(20)21)11(17)22-12-16-15-9(18(12)2)8-4-3-5-13-6-8/h3-7H,1-2H3. The van der Waals surface area contributed by atoms with Gasteiger partial charge in [0.2, 0.25) is 6.33 Å². The second kappa shape index (κ2) is 5.56. The molecule has 0 amide bonds. The predicted octanol–water partition coefficient (Wildman–Crippen LogP) is 1.67. The number of imidazole rings is 1. The van der Waals surface area contributed by atoms with Crippen molar-refractivity contribution in [3.63, 3.8) is 0 Å². The van der Waals surface area contributed by atoms with Gasteiger partial charge in [-0.3, -0.25) is 4.98 Å². The van der Waals surface area contributed by atoms with Crippen molar-refractivity contribution in [2.45, 2.75) is 10.2 Å². The van der Waals surface area contributed by atoms with E-state index >= 15 is 0 Å². The van der Waals surface area contributed by atoms with Crippen molar-refractivity contribution in [3.8, 4) is 11.4 Å². The molecule has 0 aliphatic heterocycles. The molecule has 0 spiro atoms. The van der Waals surface area contributed by atoms with Gasteiger partial charge in [-0.2, -0.15) is 0 Å². The van der Waals surface area contributed by atoms with Gasteiger partial charge >= 0.3 is 5.82 Å². The third kappa shape index (κ3) is 2.44. The Balaban J connectivity index is 1.97. The van der Waals surface area contributed by atoms with Gasteiger partial charge in [0.1, 0.15) is 0 Å². The highest BCUT2D eigenvalue weighted by molar-refractivity contribution is 7.99. The molecule has 0 saturated carbocycles. The molecule has 0 aliphatic rings. The normalized spacial score (nSPS) is 10.8. The number of nitro groups is 1. The highest BCUT2D eigenvalue weighted by Gasteiger charge is 2.23. The molecule has 10 heteroatoms. The summed E-state index contributed by atoms with van der Waals surface area (Å²) in [5.41, 5.74) is 0.823. The molecule has 112 valence electrons. The first-order chi connectivity index (χ1) is 10.6. The number of pyridine rings is 1. The highest BCUT2D eigenvalue weighted by atomic mass is 32.2. The van der Waals surface area contributed by atoms with E-state index in [0.717, 1.165) is 17.3 Å². The third-order valence-electron chi connectivity index (χ3n) is 2.98. The first-order valence-electron chi connectivity index (χ1n) is 6.21. The number of nitrogens with zero attached hydrogens (tertiary/aromatic N) is 7. The minimum absolute atomic E-state index is 0.196. The smallest absolute Gasteiger partial charge is 0.358 e. The van der Waals surface area contributed by atoms with Crippen LogP contribution in [0, 0.1) is 10.1 Å². The molecule has 0 unspecified atom stereocenters.